The molecular weight excluding hydrogens is 282 g/mol. The van der Waals surface area contributed by atoms with Gasteiger partial charge in [-0.1, -0.05) is 6.92 Å². The van der Waals surface area contributed by atoms with Crippen LogP contribution in [0.25, 0.3) is 0 Å². The van der Waals surface area contributed by atoms with Gasteiger partial charge in [0.2, 0.25) is 0 Å². The average molecular weight is 303 g/mol. The van der Waals surface area contributed by atoms with Gasteiger partial charge in [-0.25, -0.2) is 9.80 Å². The summed E-state index contributed by atoms with van der Waals surface area (Å²) in [6.07, 6.45) is 0.0729. The SMILES string of the molecule is CCCN(NC(=O)c1ccc(C#N)cc1)C(=O)OC(C)(C)C. The molecule has 0 radical (unpaired) electrons. The Kier molecular flexibility index (Phi) is 5.93. The molecule has 0 aliphatic carbocycles. The Balaban J connectivity index is 2.79. The monoisotopic (exact) mass is 303 g/mol. The molecule has 0 atom stereocenters. The third-order valence-electron chi connectivity index (χ3n) is 2.57. The van der Waals surface area contributed by atoms with E-state index >= 15 is 0 Å². The molecule has 1 aromatic carbocycles. The number of amides is 2. The van der Waals surface area contributed by atoms with Crippen molar-refractivity contribution in [1.82, 2.24) is 10.4 Å². The Morgan fingerprint density at radius 1 is 1.27 bits per heavy atom. The van der Waals surface area contributed by atoms with E-state index in [0.29, 0.717) is 24.1 Å². The number of nitrogens with one attached hydrogen (secondary N) is 1. The number of hydrazine groups is 1. The van der Waals surface area contributed by atoms with Gasteiger partial charge in [0.15, 0.2) is 0 Å². The minimum atomic E-state index is -0.637. The van der Waals surface area contributed by atoms with Gasteiger partial charge in [0.25, 0.3) is 5.91 Å². The first-order valence-corrected chi connectivity index (χ1v) is 7.08. The molecule has 1 N–H and O–H groups in total. The van der Waals surface area contributed by atoms with E-state index < -0.39 is 17.6 Å². The summed E-state index contributed by atoms with van der Waals surface area (Å²) in [5.41, 5.74) is 2.73. The average Bonchev–Trinajstić information content (AvgIpc) is 2.45. The van der Waals surface area contributed by atoms with Gasteiger partial charge in [0, 0.05) is 12.1 Å². The predicted octanol–water partition coefficient (Wildman–Crippen LogP) is 2.85. The van der Waals surface area contributed by atoms with E-state index in [0.717, 1.165) is 5.01 Å². The zero-order valence-corrected chi connectivity index (χ0v) is 13.3. The molecule has 118 valence electrons. The van der Waals surface area contributed by atoms with Gasteiger partial charge in [-0.3, -0.25) is 10.2 Å². The summed E-state index contributed by atoms with van der Waals surface area (Å²) in [5, 5.41) is 9.90. The molecule has 0 bridgehead atoms. The number of hydrogen-bond donors (Lipinski definition) is 1. The Labute approximate surface area is 130 Å². The normalized spacial score (nSPS) is 10.5. The minimum absolute atomic E-state index is 0.344. The van der Waals surface area contributed by atoms with Crippen LogP contribution in [0.2, 0.25) is 0 Å². The van der Waals surface area contributed by atoms with Gasteiger partial charge in [-0.15, -0.1) is 0 Å². The molecule has 0 aromatic heterocycles. The Bertz CT molecular complexity index is 568. The van der Waals surface area contributed by atoms with Gasteiger partial charge in [-0.2, -0.15) is 5.26 Å². The predicted molar refractivity (Wildman–Crippen MR) is 81.9 cm³/mol. The molecule has 1 rings (SSSR count). The highest BCUT2D eigenvalue weighted by Crippen LogP contribution is 2.10. The first-order chi connectivity index (χ1) is 10.3. The zero-order valence-electron chi connectivity index (χ0n) is 13.3. The highest BCUT2D eigenvalue weighted by molar-refractivity contribution is 5.95. The number of rotatable bonds is 3. The third kappa shape index (κ3) is 5.44. The molecule has 1 aromatic rings. The van der Waals surface area contributed by atoms with Gasteiger partial charge in [-0.05, 0) is 51.5 Å². The summed E-state index contributed by atoms with van der Waals surface area (Å²) in [6, 6.07) is 8.15. The van der Waals surface area contributed by atoms with E-state index in [9.17, 15) is 9.59 Å². The summed E-state index contributed by atoms with van der Waals surface area (Å²) in [5.74, 6) is -0.427. The molecule has 0 saturated heterocycles. The molecule has 0 aliphatic rings. The standard InChI is InChI=1S/C16H21N3O3/c1-5-10-19(15(21)22-16(2,3)4)18-14(20)13-8-6-12(11-17)7-9-13/h6-9H,5,10H2,1-4H3,(H,18,20). The van der Waals surface area contributed by atoms with Crippen LogP contribution < -0.4 is 5.43 Å². The molecule has 22 heavy (non-hydrogen) atoms. The molecule has 0 aliphatic heterocycles. The van der Waals surface area contributed by atoms with Crippen LogP contribution in [0.15, 0.2) is 24.3 Å². The van der Waals surface area contributed by atoms with E-state index in [1.807, 2.05) is 13.0 Å². The van der Waals surface area contributed by atoms with Crippen LogP contribution in [0.3, 0.4) is 0 Å². The van der Waals surface area contributed by atoms with E-state index in [-0.39, 0.29) is 0 Å². The highest BCUT2D eigenvalue weighted by Gasteiger charge is 2.23. The molecule has 0 heterocycles. The van der Waals surface area contributed by atoms with Gasteiger partial charge < -0.3 is 4.74 Å². The van der Waals surface area contributed by atoms with Crippen LogP contribution in [0, 0.1) is 11.3 Å². The maximum absolute atomic E-state index is 12.2. The Hall–Kier alpha value is -2.55. The lowest BCUT2D eigenvalue weighted by Gasteiger charge is -2.27. The van der Waals surface area contributed by atoms with Gasteiger partial charge in [0.1, 0.15) is 5.60 Å². The number of nitriles is 1. The molecule has 0 fully saturated rings. The van der Waals surface area contributed by atoms with Crippen molar-refractivity contribution in [1.29, 1.82) is 5.26 Å². The summed E-state index contributed by atoms with van der Waals surface area (Å²) in [4.78, 5) is 24.2. The largest absolute Gasteiger partial charge is 0.442 e. The Morgan fingerprint density at radius 2 is 1.86 bits per heavy atom. The van der Waals surface area contributed by atoms with E-state index in [1.165, 1.54) is 12.1 Å². The molecule has 6 heteroatoms. The van der Waals surface area contributed by atoms with Crippen LogP contribution in [-0.4, -0.2) is 29.2 Å². The molecule has 6 nitrogen and oxygen atoms in total. The topological polar surface area (TPSA) is 82.4 Å². The number of benzene rings is 1. The van der Waals surface area contributed by atoms with Gasteiger partial charge >= 0.3 is 6.09 Å². The van der Waals surface area contributed by atoms with E-state index in [2.05, 4.69) is 5.43 Å². The third-order valence-corrected chi connectivity index (χ3v) is 2.57. The van der Waals surface area contributed by atoms with Gasteiger partial charge in [0.05, 0.1) is 11.6 Å². The van der Waals surface area contributed by atoms with Crippen molar-refractivity contribution in [3.63, 3.8) is 0 Å². The molecular formula is C16H21N3O3. The Morgan fingerprint density at radius 3 is 2.32 bits per heavy atom. The number of ether oxygens (including phenoxy) is 1. The number of hydrogen-bond acceptors (Lipinski definition) is 4. The van der Waals surface area contributed by atoms with Crippen LogP contribution in [-0.2, 0) is 4.74 Å². The summed E-state index contributed by atoms with van der Waals surface area (Å²) in [7, 11) is 0. The van der Waals surface area contributed by atoms with E-state index in [1.54, 1.807) is 32.9 Å². The molecule has 0 spiro atoms. The lowest BCUT2D eigenvalue weighted by molar-refractivity contribution is 0.0133. The fraction of sp³-hybridized carbons (Fsp3) is 0.438. The summed E-state index contributed by atoms with van der Waals surface area (Å²) < 4.78 is 5.25. The second-order valence-electron chi connectivity index (χ2n) is 5.76. The van der Waals surface area contributed by atoms with Crippen molar-refractivity contribution in [2.24, 2.45) is 0 Å². The fourth-order valence-electron chi connectivity index (χ4n) is 1.62. The van der Waals surface area contributed by atoms with Crippen LogP contribution in [0.1, 0.15) is 50.0 Å². The number of nitrogens with zero attached hydrogens (tertiary/aromatic N) is 2. The quantitative estimate of drug-likeness (QED) is 0.870. The number of carbonyl (C=O) groups is 2. The van der Waals surface area contributed by atoms with Crippen molar-refractivity contribution in [2.75, 3.05) is 6.54 Å². The van der Waals surface area contributed by atoms with Crippen molar-refractivity contribution < 1.29 is 14.3 Å². The van der Waals surface area contributed by atoms with Crippen molar-refractivity contribution in [2.45, 2.75) is 39.7 Å². The molecule has 2 amide bonds. The van der Waals surface area contributed by atoms with Crippen molar-refractivity contribution in [3.05, 3.63) is 35.4 Å². The first kappa shape index (κ1) is 17.5. The zero-order chi connectivity index (χ0) is 16.8. The molecule has 0 saturated carbocycles. The second-order valence-corrected chi connectivity index (χ2v) is 5.76. The number of carbonyl (C=O) groups excluding carboxylic acids is 2. The van der Waals surface area contributed by atoms with Crippen LogP contribution in [0.4, 0.5) is 4.79 Å². The summed E-state index contributed by atoms with van der Waals surface area (Å²) in [6.45, 7) is 7.52. The lowest BCUT2D eigenvalue weighted by Crippen LogP contribution is -2.48. The smallest absolute Gasteiger partial charge is 0.429 e. The fourth-order valence-corrected chi connectivity index (χ4v) is 1.62. The molecule has 0 unspecified atom stereocenters. The maximum atomic E-state index is 12.2. The van der Waals surface area contributed by atoms with Crippen LogP contribution in [0.5, 0.6) is 0 Å². The second kappa shape index (κ2) is 7.46. The lowest BCUT2D eigenvalue weighted by atomic mass is 10.1. The highest BCUT2D eigenvalue weighted by atomic mass is 16.6. The minimum Gasteiger partial charge on any atom is -0.442 e. The van der Waals surface area contributed by atoms with E-state index in [4.69, 9.17) is 10.00 Å². The maximum Gasteiger partial charge on any atom is 0.429 e. The van der Waals surface area contributed by atoms with Crippen molar-refractivity contribution in [3.8, 4) is 6.07 Å². The summed E-state index contributed by atoms with van der Waals surface area (Å²) >= 11 is 0. The van der Waals surface area contributed by atoms with Crippen LogP contribution >= 0.6 is 0 Å². The first-order valence-electron chi connectivity index (χ1n) is 7.08. The van der Waals surface area contributed by atoms with Crippen molar-refractivity contribution >= 4 is 12.0 Å².